The maximum atomic E-state index is 13.4. The molecule has 8 nitrogen and oxygen atoms in total. The van der Waals surface area contributed by atoms with Crippen LogP contribution in [0.4, 0.5) is 10.8 Å². The molecule has 3 amide bonds. The number of thioether (sulfide) groups is 1. The number of aromatic nitrogens is 1. The van der Waals surface area contributed by atoms with Gasteiger partial charge >= 0.3 is 0 Å². The van der Waals surface area contributed by atoms with Crippen LogP contribution in [-0.2, 0) is 9.59 Å². The van der Waals surface area contributed by atoms with E-state index < -0.39 is 11.8 Å². The summed E-state index contributed by atoms with van der Waals surface area (Å²) in [5, 5.41) is 9.40. The zero-order chi connectivity index (χ0) is 30.2. The van der Waals surface area contributed by atoms with Gasteiger partial charge < -0.3 is 20.7 Å². The van der Waals surface area contributed by atoms with Crippen molar-refractivity contribution >= 4 is 79.5 Å². The highest BCUT2D eigenvalue weighted by Gasteiger charge is 2.16. The van der Waals surface area contributed by atoms with Gasteiger partial charge in [0.1, 0.15) is 11.4 Å². The van der Waals surface area contributed by atoms with E-state index in [1.54, 1.807) is 86.0 Å². The Labute approximate surface area is 261 Å². The molecule has 4 aromatic carbocycles. The minimum absolute atomic E-state index is 0.0435. The summed E-state index contributed by atoms with van der Waals surface area (Å²) in [5.74, 6) is -0.282. The first-order chi connectivity index (χ1) is 20.9. The van der Waals surface area contributed by atoms with Crippen LogP contribution in [0.5, 0.6) is 5.75 Å². The van der Waals surface area contributed by atoms with Gasteiger partial charge in [0.2, 0.25) is 5.91 Å². The molecule has 1 heterocycles. The van der Waals surface area contributed by atoms with Gasteiger partial charge in [-0.25, -0.2) is 4.98 Å². The molecule has 0 saturated carbocycles. The topological polar surface area (TPSA) is 109 Å². The normalized spacial score (nSPS) is 11.2. The van der Waals surface area contributed by atoms with Crippen molar-refractivity contribution in [3.8, 4) is 5.75 Å². The fourth-order valence-electron chi connectivity index (χ4n) is 3.96. The summed E-state index contributed by atoms with van der Waals surface area (Å²) in [5.41, 5.74) is 2.38. The lowest BCUT2D eigenvalue weighted by atomic mass is 10.1. The number of hydrogen-bond donors (Lipinski definition) is 3. The SMILES string of the molecule is COc1ccc2nc(NC(=O)CSc3cccc(NC(=O)/C(=C/c4cccc(Cl)c4)NC(=O)c4ccccc4)c3)sc2c1. The van der Waals surface area contributed by atoms with Crippen molar-refractivity contribution in [2.24, 2.45) is 0 Å². The van der Waals surface area contributed by atoms with Crippen molar-refractivity contribution in [1.82, 2.24) is 10.3 Å². The smallest absolute Gasteiger partial charge is 0.272 e. The molecule has 0 bridgehead atoms. The summed E-state index contributed by atoms with van der Waals surface area (Å²) in [4.78, 5) is 44.1. The van der Waals surface area contributed by atoms with Crippen molar-refractivity contribution < 1.29 is 19.1 Å². The number of nitrogens with one attached hydrogen (secondary N) is 3. The van der Waals surface area contributed by atoms with E-state index in [9.17, 15) is 14.4 Å². The molecule has 0 aliphatic carbocycles. The summed E-state index contributed by atoms with van der Waals surface area (Å²) in [6.45, 7) is 0. The van der Waals surface area contributed by atoms with Crippen molar-refractivity contribution in [2.45, 2.75) is 4.90 Å². The van der Waals surface area contributed by atoms with E-state index >= 15 is 0 Å². The van der Waals surface area contributed by atoms with E-state index in [0.717, 1.165) is 20.9 Å². The summed E-state index contributed by atoms with van der Waals surface area (Å²) in [6.07, 6.45) is 1.56. The number of ether oxygens (including phenoxy) is 1. The highest BCUT2D eigenvalue weighted by Crippen LogP contribution is 2.29. The predicted octanol–water partition coefficient (Wildman–Crippen LogP) is 7.10. The Morgan fingerprint density at radius 2 is 1.74 bits per heavy atom. The van der Waals surface area contributed by atoms with Gasteiger partial charge in [-0.15, -0.1) is 11.8 Å². The van der Waals surface area contributed by atoms with Gasteiger partial charge in [-0.1, -0.05) is 59.3 Å². The molecule has 1 aromatic heterocycles. The molecule has 11 heteroatoms. The third kappa shape index (κ3) is 8.23. The molecule has 0 unspecified atom stereocenters. The monoisotopic (exact) mass is 628 g/mol. The van der Waals surface area contributed by atoms with Gasteiger partial charge in [-0.3, -0.25) is 14.4 Å². The van der Waals surface area contributed by atoms with Crippen LogP contribution in [0, 0.1) is 0 Å². The Morgan fingerprint density at radius 1 is 0.930 bits per heavy atom. The van der Waals surface area contributed by atoms with Gasteiger partial charge in [0.05, 0.1) is 23.1 Å². The number of hydrogen-bond acceptors (Lipinski definition) is 7. The predicted molar refractivity (Wildman–Crippen MR) is 174 cm³/mol. The Balaban J connectivity index is 1.24. The van der Waals surface area contributed by atoms with Gasteiger partial charge in [0, 0.05) is 21.2 Å². The molecule has 0 aliphatic rings. The molecule has 43 heavy (non-hydrogen) atoms. The van der Waals surface area contributed by atoms with E-state index in [2.05, 4.69) is 20.9 Å². The Hall–Kier alpha value is -4.64. The van der Waals surface area contributed by atoms with E-state index in [4.69, 9.17) is 16.3 Å². The average molecular weight is 629 g/mol. The van der Waals surface area contributed by atoms with Crippen LogP contribution in [0.2, 0.25) is 5.02 Å². The first-order valence-corrected chi connectivity index (χ1v) is 15.2. The molecule has 0 saturated heterocycles. The number of anilines is 2. The number of benzene rings is 4. The minimum Gasteiger partial charge on any atom is -0.497 e. The minimum atomic E-state index is -0.517. The fraction of sp³-hybridized carbons (Fsp3) is 0.0625. The number of amides is 3. The molecule has 0 atom stereocenters. The van der Waals surface area contributed by atoms with Crippen LogP contribution < -0.4 is 20.7 Å². The standard InChI is InChI=1S/C32H25ClN4O4S2/c1-41-24-13-14-26-28(18-24)43-32(36-26)37-29(38)19-42-25-12-6-11-23(17-25)34-31(40)27(16-20-7-5-10-22(33)15-20)35-30(39)21-8-3-2-4-9-21/h2-18H,19H2,1H3,(H,34,40)(H,35,39)(H,36,37,38)/b27-16-. The number of fused-ring (bicyclic) bond motifs is 1. The summed E-state index contributed by atoms with van der Waals surface area (Å²) in [6, 6.07) is 28.2. The summed E-state index contributed by atoms with van der Waals surface area (Å²) >= 11 is 8.82. The lowest BCUT2D eigenvalue weighted by molar-refractivity contribution is -0.114. The highest BCUT2D eigenvalue weighted by atomic mass is 35.5. The second kappa shape index (κ2) is 14.0. The summed E-state index contributed by atoms with van der Waals surface area (Å²) in [7, 11) is 1.60. The third-order valence-corrected chi connectivity index (χ3v) is 8.15. The molecule has 0 spiro atoms. The van der Waals surface area contributed by atoms with Gasteiger partial charge in [-0.05, 0) is 72.3 Å². The van der Waals surface area contributed by atoms with Crippen LogP contribution in [0.3, 0.4) is 0 Å². The van der Waals surface area contributed by atoms with Gasteiger partial charge in [0.25, 0.3) is 11.8 Å². The number of halogens is 1. The Morgan fingerprint density at radius 3 is 2.53 bits per heavy atom. The maximum absolute atomic E-state index is 13.4. The van der Waals surface area contributed by atoms with E-state index in [-0.39, 0.29) is 17.4 Å². The zero-order valence-corrected chi connectivity index (χ0v) is 25.2. The first-order valence-electron chi connectivity index (χ1n) is 13.0. The largest absolute Gasteiger partial charge is 0.497 e. The zero-order valence-electron chi connectivity index (χ0n) is 22.8. The van der Waals surface area contributed by atoms with Crippen molar-refractivity contribution in [2.75, 3.05) is 23.5 Å². The van der Waals surface area contributed by atoms with Crippen LogP contribution >= 0.6 is 34.7 Å². The molecule has 0 aliphatic heterocycles. The van der Waals surface area contributed by atoms with Crippen LogP contribution in [0.1, 0.15) is 15.9 Å². The molecule has 0 fully saturated rings. The second-order valence-electron chi connectivity index (χ2n) is 9.10. The van der Waals surface area contributed by atoms with Crippen molar-refractivity contribution in [1.29, 1.82) is 0 Å². The lowest BCUT2D eigenvalue weighted by Crippen LogP contribution is -2.30. The quantitative estimate of drug-likeness (QED) is 0.112. The molecule has 5 rings (SSSR count). The second-order valence-corrected chi connectivity index (χ2v) is 11.6. The van der Waals surface area contributed by atoms with Crippen LogP contribution in [-0.4, -0.2) is 35.6 Å². The first kappa shape index (κ1) is 29.8. The number of nitrogens with zero attached hydrogens (tertiary/aromatic N) is 1. The van der Waals surface area contributed by atoms with Gasteiger partial charge in [-0.2, -0.15) is 0 Å². The molecular formula is C32H25ClN4O4S2. The maximum Gasteiger partial charge on any atom is 0.272 e. The third-order valence-electron chi connectivity index (χ3n) is 5.99. The van der Waals surface area contributed by atoms with E-state index in [1.807, 2.05) is 24.3 Å². The molecular weight excluding hydrogens is 604 g/mol. The average Bonchev–Trinajstić information content (AvgIpc) is 3.41. The Kier molecular flexibility index (Phi) is 9.73. The van der Waals surface area contributed by atoms with E-state index in [1.165, 1.54) is 23.1 Å². The van der Waals surface area contributed by atoms with Gasteiger partial charge in [0.15, 0.2) is 5.13 Å². The molecule has 5 aromatic rings. The van der Waals surface area contributed by atoms with Crippen LogP contribution in [0.15, 0.2) is 108 Å². The Bertz CT molecular complexity index is 1830. The molecule has 0 radical (unpaired) electrons. The molecule has 216 valence electrons. The fourth-order valence-corrected chi connectivity index (χ4v) is 5.82. The number of methoxy groups -OCH3 is 1. The van der Waals surface area contributed by atoms with Crippen molar-refractivity contribution in [3.05, 3.63) is 119 Å². The lowest BCUT2D eigenvalue weighted by Gasteiger charge is -2.12. The van der Waals surface area contributed by atoms with E-state index in [0.29, 0.717) is 27.0 Å². The highest BCUT2D eigenvalue weighted by molar-refractivity contribution is 8.00. The number of thiazole rings is 1. The van der Waals surface area contributed by atoms with Crippen molar-refractivity contribution in [3.63, 3.8) is 0 Å². The number of rotatable bonds is 10. The van der Waals surface area contributed by atoms with Crippen LogP contribution in [0.25, 0.3) is 16.3 Å². The number of carbonyl (C=O) groups excluding carboxylic acids is 3. The molecule has 3 N–H and O–H groups in total. The summed E-state index contributed by atoms with van der Waals surface area (Å²) < 4.78 is 6.16. The number of carbonyl (C=O) groups is 3.